The molecule has 3 rings (SSSR count). The van der Waals surface area contributed by atoms with Crippen LogP contribution in [0.3, 0.4) is 0 Å². The van der Waals surface area contributed by atoms with Crippen LogP contribution in [0, 0.1) is 18.3 Å². The van der Waals surface area contributed by atoms with Gasteiger partial charge in [-0.05, 0) is 49.8 Å². The summed E-state index contributed by atoms with van der Waals surface area (Å²) < 4.78 is 0. The van der Waals surface area contributed by atoms with Gasteiger partial charge in [0.1, 0.15) is 6.07 Å². The van der Waals surface area contributed by atoms with Crippen molar-refractivity contribution in [1.82, 2.24) is 4.98 Å². The number of nitriles is 1. The topological polar surface area (TPSA) is 36.7 Å². The van der Waals surface area contributed by atoms with Crippen molar-refractivity contribution in [2.24, 2.45) is 0 Å². The monoisotopic (exact) mass is 222 g/mol. The maximum absolute atomic E-state index is 9.38. The number of aryl methyl sites for hydroxylation is 2. The first-order valence-corrected chi connectivity index (χ1v) is 6.12. The number of fused-ring (bicyclic) bond motifs is 2. The van der Waals surface area contributed by atoms with Crippen LogP contribution in [0.15, 0.2) is 18.2 Å². The number of pyridine rings is 1. The molecule has 2 nitrogen and oxygen atoms in total. The van der Waals surface area contributed by atoms with E-state index in [0.29, 0.717) is 0 Å². The van der Waals surface area contributed by atoms with Crippen LogP contribution in [-0.2, 0) is 12.8 Å². The maximum Gasteiger partial charge on any atom is 0.100 e. The van der Waals surface area contributed by atoms with E-state index in [0.717, 1.165) is 35.0 Å². The average Bonchev–Trinajstić information content (AvgIpc) is 2.35. The van der Waals surface area contributed by atoms with Crippen molar-refractivity contribution in [3.05, 3.63) is 40.6 Å². The summed E-state index contributed by atoms with van der Waals surface area (Å²) in [6.07, 6.45) is 4.41. The SMILES string of the molecule is Cc1ccc2c(C#N)c3c(nc2c1)CCCC3. The van der Waals surface area contributed by atoms with Crippen molar-refractivity contribution >= 4 is 10.9 Å². The lowest BCUT2D eigenvalue weighted by molar-refractivity contribution is 0.670. The molecule has 0 radical (unpaired) electrons. The van der Waals surface area contributed by atoms with Gasteiger partial charge in [0.05, 0.1) is 11.1 Å². The molecule has 1 aromatic carbocycles. The summed E-state index contributed by atoms with van der Waals surface area (Å²) in [4.78, 5) is 4.73. The molecule has 1 aliphatic rings. The maximum atomic E-state index is 9.38. The highest BCUT2D eigenvalue weighted by atomic mass is 14.7. The summed E-state index contributed by atoms with van der Waals surface area (Å²) in [5, 5.41) is 10.4. The molecule has 0 bridgehead atoms. The van der Waals surface area contributed by atoms with Crippen LogP contribution in [0.4, 0.5) is 0 Å². The van der Waals surface area contributed by atoms with Crippen LogP contribution in [0.25, 0.3) is 10.9 Å². The van der Waals surface area contributed by atoms with Gasteiger partial charge in [0.25, 0.3) is 0 Å². The zero-order valence-corrected chi connectivity index (χ0v) is 9.95. The smallest absolute Gasteiger partial charge is 0.100 e. The fourth-order valence-electron chi connectivity index (χ4n) is 2.66. The second-order valence-corrected chi connectivity index (χ2v) is 4.75. The molecule has 0 aliphatic heterocycles. The summed E-state index contributed by atoms with van der Waals surface area (Å²) in [6, 6.07) is 8.54. The standard InChI is InChI=1S/C15H14N2/c1-10-6-7-12-13(9-16)11-4-2-3-5-14(11)17-15(12)8-10/h6-8H,2-5H2,1H3. The molecular weight excluding hydrogens is 208 g/mol. The van der Waals surface area contributed by atoms with Gasteiger partial charge in [0, 0.05) is 11.1 Å². The molecule has 0 amide bonds. The summed E-state index contributed by atoms with van der Waals surface area (Å²) in [7, 11) is 0. The Morgan fingerprint density at radius 3 is 2.88 bits per heavy atom. The Morgan fingerprint density at radius 1 is 1.24 bits per heavy atom. The first-order valence-electron chi connectivity index (χ1n) is 6.12. The first-order chi connectivity index (χ1) is 8.29. The van der Waals surface area contributed by atoms with E-state index in [1.54, 1.807) is 0 Å². The third kappa shape index (κ3) is 1.59. The second-order valence-electron chi connectivity index (χ2n) is 4.75. The first kappa shape index (κ1) is 10.3. The van der Waals surface area contributed by atoms with E-state index in [2.05, 4.69) is 25.1 Å². The van der Waals surface area contributed by atoms with Crippen LogP contribution < -0.4 is 0 Å². The summed E-state index contributed by atoms with van der Waals surface area (Å²) in [5.41, 5.74) is 5.36. The minimum absolute atomic E-state index is 0.852. The van der Waals surface area contributed by atoms with E-state index in [-0.39, 0.29) is 0 Å². The van der Waals surface area contributed by atoms with Crippen LogP contribution >= 0.6 is 0 Å². The van der Waals surface area contributed by atoms with Gasteiger partial charge in [-0.25, -0.2) is 0 Å². The molecule has 17 heavy (non-hydrogen) atoms. The number of rotatable bonds is 0. The summed E-state index contributed by atoms with van der Waals surface area (Å²) in [5.74, 6) is 0. The predicted octanol–water partition coefficient (Wildman–Crippen LogP) is 3.29. The minimum Gasteiger partial charge on any atom is -0.252 e. The molecule has 2 heteroatoms. The lowest BCUT2D eigenvalue weighted by Gasteiger charge is -2.17. The molecule has 0 saturated heterocycles. The van der Waals surface area contributed by atoms with E-state index in [1.165, 1.54) is 24.0 Å². The molecule has 0 fully saturated rings. The molecular formula is C15H14N2. The number of hydrogen-bond acceptors (Lipinski definition) is 2. The molecule has 1 aromatic heterocycles. The van der Waals surface area contributed by atoms with Crippen molar-refractivity contribution in [2.45, 2.75) is 32.6 Å². The van der Waals surface area contributed by atoms with Gasteiger partial charge in [-0.1, -0.05) is 12.1 Å². The van der Waals surface area contributed by atoms with Crippen LogP contribution in [-0.4, -0.2) is 4.98 Å². The number of aromatic nitrogens is 1. The van der Waals surface area contributed by atoms with Crippen LogP contribution in [0.1, 0.15) is 35.2 Å². The Hall–Kier alpha value is -1.88. The van der Waals surface area contributed by atoms with Crippen molar-refractivity contribution in [3.8, 4) is 6.07 Å². The molecule has 1 heterocycles. The van der Waals surface area contributed by atoms with Gasteiger partial charge in [-0.3, -0.25) is 4.98 Å². The van der Waals surface area contributed by atoms with Gasteiger partial charge in [0.2, 0.25) is 0 Å². The van der Waals surface area contributed by atoms with Gasteiger partial charge < -0.3 is 0 Å². The van der Waals surface area contributed by atoms with Gasteiger partial charge in [0.15, 0.2) is 0 Å². The van der Waals surface area contributed by atoms with Crippen molar-refractivity contribution in [2.75, 3.05) is 0 Å². The Morgan fingerprint density at radius 2 is 2.06 bits per heavy atom. The fraction of sp³-hybridized carbons (Fsp3) is 0.333. The highest BCUT2D eigenvalue weighted by Crippen LogP contribution is 2.28. The molecule has 84 valence electrons. The Balaban J connectivity index is 2.39. The molecule has 0 atom stereocenters. The Kier molecular flexibility index (Phi) is 2.33. The number of hydrogen-bond donors (Lipinski definition) is 0. The third-order valence-electron chi connectivity index (χ3n) is 3.53. The van der Waals surface area contributed by atoms with Crippen LogP contribution in [0.5, 0.6) is 0 Å². The molecule has 0 spiro atoms. The van der Waals surface area contributed by atoms with Gasteiger partial charge in [-0.15, -0.1) is 0 Å². The second kappa shape index (κ2) is 3.85. The fourth-order valence-corrected chi connectivity index (χ4v) is 2.66. The lowest BCUT2D eigenvalue weighted by Crippen LogP contribution is -2.08. The van der Waals surface area contributed by atoms with E-state index in [4.69, 9.17) is 4.98 Å². The summed E-state index contributed by atoms with van der Waals surface area (Å²) in [6.45, 7) is 2.06. The van der Waals surface area contributed by atoms with E-state index >= 15 is 0 Å². The van der Waals surface area contributed by atoms with Gasteiger partial charge >= 0.3 is 0 Å². The normalized spacial score (nSPS) is 14.4. The minimum atomic E-state index is 0.852. The number of benzene rings is 1. The van der Waals surface area contributed by atoms with Crippen LogP contribution in [0.2, 0.25) is 0 Å². The van der Waals surface area contributed by atoms with E-state index in [1.807, 2.05) is 6.07 Å². The predicted molar refractivity (Wildman–Crippen MR) is 67.8 cm³/mol. The van der Waals surface area contributed by atoms with Crippen molar-refractivity contribution < 1.29 is 0 Å². The largest absolute Gasteiger partial charge is 0.252 e. The van der Waals surface area contributed by atoms with E-state index < -0.39 is 0 Å². The van der Waals surface area contributed by atoms with Crippen molar-refractivity contribution in [1.29, 1.82) is 5.26 Å². The average molecular weight is 222 g/mol. The zero-order valence-electron chi connectivity index (χ0n) is 9.95. The Bertz CT molecular complexity index is 635. The van der Waals surface area contributed by atoms with Gasteiger partial charge in [-0.2, -0.15) is 5.26 Å². The summed E-state index contributed by atoms with van der Waals surface area (Å²) >= 11 is 0. The van der Waals surface area contributed by atoms with E-state index in [9.17, 15) is 5.26 Å². The molecule has 0 N–H and O–H groups in total. The molecule has 0 saturated carbocycles. The Labute approximate surface area is 101 Å². The third-order valence-corrected chi connectivity index (χ3v) is 3.53. The molecule has 0 unspecified atom stereocenters. The molecule has 1 aliphatic carbocycles. The lowest BCUT2D eigenvalue weighted by atomic mass is 9.90. The zero-order chi connectivity index (χ0) is 11.8. The quantitative estimate of drug-likeness (QED) is 0.685. The highest BCUT2D eigenvalue weighted by molar-refractivity contribution is 5.87. The number of nitrogens with zero attached hydrogens (tertiary/aromatic N) is 2. The highest BCUT2D eigenvalue weighted by Gasteiger charge is 2.17. The van der Waals surface area contributed by atoms with Crippen molar-refractivity contribution in [3.63, 3.8) is 0 Å². The molecule has 2 aromatic rings.